The Balaban J connectivity index is 2.08. The van der Waals surface area contributed by atoms with Crippen molar-refractivity contribution in [2.45, 2.75) is 19.8 Å². The normalized spacial score (nSPS) is 10.3. The molecule has 0 unspecified atom stereocenters. The van der Waals surface area contributed by atoms with Gasteiger partial charge < -0.3 is 15.1 Å². The molecule has 128 valence electrons. The summed E-state index contributed by atoms with van der Waals surface area (Å²) in [7, 11) is 5.80. The molecule has 0 atom stereocenters. The third-order valence-electron chi connectivity index (χ3n) is 3.74. The third kappa shape index (κ3) is 4.68. The van der Waals surface area contributed by atoms with Gasteiger partial charge in [0, 0.05) is 45.1 Å². The summed E-state index contributed by atoms with van der Waals surface area (Å²) in [6.45, 7) is 2.83. The molecule has 0 aliphatic heterocycles. The molecular weight excluding hydrogens is 302 g/mol. The average Bonchev–Trinajstić information content (AvgIpc) is 2.59. The van der Waals surface area contributed by atoms with E-state index in [-0.39, 0.29) is 5.91 Å². The molecule has 0 aliphatic carbocycles. The van der Waals surface area contributed by atoms with Gasteiger partial charge in [-0.1, -0.05) is 13.3 Å². The lowest BCUT2D eigenvalue weighted by atomic mass is 10.2. The lowest BCUT2D eigenvalue weighted by Crippen LogP contribution is -2.28. The number of amides is 1. The maximum absolute atomic E-state index is 12.4. The van der Waals surface area contributed by atoms with Crippen LogP contribution in [-0.2, 0) is 0 Å². The number of nitrogens with zero attached hydrogens (tertiary/aromatic N) is 4. The van der Waals surface area contributed by atoms with Crippen molar-refractivity contribution < 1.29 is 4.79 Å². The van der Waals surface area contributed by atoms with Gasteiger partial charge in [-0.15, -0.1) is 0 Å². The Bertz CT molecular complexity index is 669. The van der Waals surface area contributed by atoms with Gasteiger partial charge in [0.2, 0.25) is 0 Å². The average molecular weight is 327 g/mol. The first-order valence-electron chi connectivity index (χ1n) is 8.13. The molecule has 1 N–H and O–H groups in total. The molecule has 6 nitrogen and oxygen atoms in total. The second-order valence-corrected chi connectivity index (χ2v) is 5.94. The third-order valence-corrected chi connectivity index (χ3v) is 3.74. The van der Waals surface area contributed by atoms with E-state index < -0.39 is 0 Å². The minimum atomic E-state index is -0.0862. The largest absolute Gasteiger partial charge is 0.378 e. The van der Waals surface area contributed by atoms with Crippen molar-refractivity contribution >= 4 is 23.1 Å². The van der Waals surface area contributed by atoms with Crippen LogP contribution in [0.5, 0.6) is 0 Å². The summed E-state index contributed by atoms with van der Waals surface area (Å²) in [5.74, 6) is 0.520. The Morgan fingerprint density at radius 1 is 1.12 bits per heavy atom. The van der Waals surface area contributed by atoms with Gasteiger partial charge in [0.15, 0.2) is 0 Å². The smallest absolute Gasteiger partial charge is 0.272 e. The van der Waals surface area contributed by atoms with E-state index in [0.29, 0.717) is 11.5 Å². The van der Waals surface area contributed by atoms with Crippen LogP contribution in [0.4, 0.5) is 17.2 Å². The molecule has 1 aromatic heterocycles. The number of anilines is 3. The molecule has 1 heterocycles. The molecule has 1 amide bonds. The Morgan fingerprint density at radius 2 is 1.83 bits per heavy atom. The van der Waals surface area contributed by atoms with Gasteiger partial charge in [-0.2, -0.15) is 0 Å². The van der Waals surface area contributed by atoms with Crippen LogP contribution in [0.1, 0.15) is 30.3 Å². The maximum Gasteiger partial charge on any atom is 0.272 e. The predicted molar refractivity (Wildman–Crippen MR) is 98.0 cm³/mol. The molecule has 0 bridgehead atoms. The second-order valence-electron chi connectivity index (χ2n) is 5.94. The lowest BCUT2D eigenvalue weighted by molar-refractivity contribution is 0.0787. The standard InChI is InChI=1S/C18H25N5O/c1-5-6-11-23(4)18(24)16-12-17(20-13-19-16)21-14-7-9-15(10-8-14)22(2)3/h7-10,12-13H,5-6,11H2,1-4H3,(H,19,20,21). The zero-order chi connectivity index (χ0) is 17.5. The van der Waals surface area contributed by atoms with Gasteiger partial charge in [0.1, 0.15) is 17.8 Å². The molecule has 2 rings (SSSR count). The number of aromatic nitrogens is 2. The van der Waals surface area contributed by atoms with Crippen LogP contribution in [0, 0.1) is 0 Å². The van der Waals surface area contributed by atoms with Crippen molar-refractivity contribution in [1.82, 2.24) is 14.9 Å². The Labute approximate surface area is 143 Å². The zero-order valence-electron chi connectivity index (χ0n) is 14.8. The molecule has 0 saturated heterocycles. The van der Waals surface area contributed by atoms with Crippen molar-refractivity contribution in [1.29, 1.82) is 0 Å². The highest BCUT2D eigenvalue weighted by Crippen LogP contribution is 2.19. The van der Waals surface area contributed by atoms with Crippen molar-refractivity contribution in [2.75, 3.05) is 37.9 Å². The van der Waals surface area contributed by atoms with Crippen LogP contribution in [0.2, 0.25) is 0 Å². The molecular formula is C18H25N5O. The topological polar surface area (TPSA) is 61.4 Å². The van der Waals surface area contributed by atoms with Crippen LogP contribution in [0.25, 0.3) is 0 Å². The van der Waals surface area contributed by atoms with Gasteiger partial charge in [0.05, 0.1) is 0 Å². The fraction of sp³-hybridized carbons (Fsp3) is 0.389. The maximum atomic E-state index is 12.4. The van der Waals surface area contributed by atoms with E-state index in [9.17, 15) is 4.79 Å². The van der Waals surface area contributed by atoms with Crippen molar-refractivity contribution in [3.05, 3.63) is 42.4 Å². The molecule has 0 fully saturated rings. The number of nitrogens with one attached hydrogen (secondary N) is 1. The van der Waals surface area contributed by atoms with Gasteiger partial charge in [0.25, 0.3) is 5.91 Å². The number of unbranched alkanes of at least 4 members (excludes halogenated alkanes) is 1. The second kappa shape index (κ2) is 8.29. The van der Waals surface area contributed by atoms with E-state index in [4.69, 9.17) is 0 Å². The minimum absolute atomic E-state index is 0.0862. The van der Waals surface area contributed by atoms with Crippen LogP contribution >= 0.6 is 0 Å². The predicted octanol–water partition coefficient (Wildman–Crippen LogP) is 3.16. The Kier molecular flexibility index (Phi) is 6.12. The van der Waals surface area contributed by atoms with Crippen LogP contribution in [0.3, 0.4) is 0 Å². The van der Waals surface area contributed by atoms with E-state index in [1.54, 1.807) is 18.0 Å². The van der Waals surface area contributed by atoms with Crippen molar-refractivity contribution in [3.8, 4) is 0 Å². The molecule has 6 heteroatoms. The summed E-state index contributed by atoms with van der Waals surface area (Å²) in [6.07, 6.45) is 3.45. The van der Waals surface area contributed by atoms with Crippen LogP contribution in [0.15, 0.2) is 36.7 Å². The van der Waals surface area contributed by atoms with E-state index >= 15 is 0 Å². The van der Waals surface area contributed by atoms with Gasteiger partial charge >= 0.3 is 0 Å². The number of rotatable bonds is 7. The zero-order valence-corrected chi connectivity index (χ0v) is 14.8. The van der Waals surface area contributed by atoms with E-state index in [0.717, 1.165) is 30.8 Å². The highest BCUT2D eigenvalue weighted by molar-refractivity contribution is 5.92. The Morgan fingerprint density at radius 3 is 2.46 bits per heavy atom. The number of benzene rings is 1. The summed E-state index contributed by atoms with van der Waals surface area (Å²) in [5.41, 5.74) is 2.43. The van der Waals surface area contributed by atoms with Crippen LogP contribution in [-0.4, -0.2) is 48.5 Å². The summed E-state index contributed by atoms with van der Waals surface area (Å²) in [4.78, 5) is 24.4. The van der Waals surface area contributed by atoms with Gasteiger partial charge in [-0.25, -0.2) is 9.97 Å². The summed E-state index contributed by atoms with van der Waals surface area (Å²) >= 11 is 0. The fourth-order valence-corrected chi connectivity index (χ4v) is 2.23. The van der Waals surface area contributed by atoms with E-state index in [1.165, 1.54) is 6.33 Å². The highest BCUT2D eigenvalue weighted by Gasteiger charge is 2.13. The van der Waals surface area contributed by atoms with Crippen molar-refractivity contribution in [3.63, 3.8) is 0 Å². The number of carbonyl (C=O) groups is 1. The van der Waals surface area contributed by atoms with Gasteiger partial charge in [-0.05, 0) is 30.7 Å². The number of carbonyl (C=O) groups excluding carboxylic acids is 1. The molecule has 0 saturated carbocycles. The van der Waals surface area contributed by atoms with E-state index in [2.05, 4.69) is 22.2 Å². The number of hydrogen-bond acceptors (Lipinski definition) is 5. The van der Waals surface area contributed by atoms with Crippen LogP contribution < -0.4 is 10.2 Å². The summed E-state index contributed by atoms with van der Waals surface area (Å²) < 4.78 is 0. The van der Waals surface area contributed by atoms with Crippen molar-refractivity contribution in [2.24, 2.45) is 0 Å². The SMILES string of the molecule is CCCCN(C)C(=O)c1cc(Nc2ccc(N(C)C)cc2)ncn1. The van der Waals surface area contributed by atoms with Gasteiger partial charge in [-0.3, -0.25) is 4.79 Å². The first-order valence-corrected chi connectivity index (χ1v) is 8.13. The molecule has 0 spiro atoms. The fourth-order valence-electron chi connectivity index (χ4n) is 2.23. The molecule has 2 aromatic rings. The first kappa shape index (κ1) is 17.7. The highest BCUT2D eigenvalue weighted by atomic mass is 16.2. The molecule has 1 aromatic carbocycles. The molecule has 0 aliphatic rings. The quantitative estimate of drug-likeness (QED) is 0.846. The molecule has 24 heavy (non-hydrogen) atoms. The van der Waals surface area contributed by atoms with E-state index in [1.807, 2.05) is 43.3 Å². The first-order chi connectivity index (χ1) is 11.5. The minimum Gasteiger partial charge on any atom is -0.378 e. The Hall–Kier alpha value is -2.63. The monoisotopic (exact) mass is 327 g/mol. The summed E-state index contributed by atoms with van der Waals surface area (Å²) in [6, 6.07) is 9.69. The number of hydrogen-bond donors (Lipinski definition) is 1. The lowest BCUT2D eigenvalue weighted by Gasteiger charge is -2.16. The molecule has 0 radical (unpaired) electrons. The summed E-state index contributed by atoms with van der Waals surface area (Å²) in [5, 5.41) is 3.21.